The van der Waals surface area contributed by atoms with E-state index in [1.807, 2.05) is 12.1 Å². The minimum atomic E-state index is -0.215. The number of anilines is 1. The molecule has 4 rings (SSSR count). The number of fused-ring (bicyclic) bond motifs is 3. The van der Waals surface area contributed by atoms with Crippen molar-refractivity contribution in [1.29, 1.82) is 0 Å². The van der Waals surface area contributed by atoms with Crippen molar-refractivity contribution < 1.29 is 14.3 Å². The number of esters is 1. The van der Waals surface area contributed by atoms with E-state index in [1.54, 1.807) is 6.20 Å². The van der Waals surface area contributed by atoms with Crippen molar-refractivity contribution in [2.75, 3.05) is 19.5 Å². The zero-order chi connectivity index (χ0) is 22.5. The molecule has 0 amide bonds. The lowest BCUT2D eigenvalue weighted by atomic mass is 9.98. The second-order valence-corrected chi connectivity index (χ2v) is 7.88. The van der Waals surface area contributed by atoms with Gasteiger partial charge in [0, 0.05) is 23.4 Å². The molecule has 2 heterocycles. The average molecular weight is 430 g/mol. The molecular formula is C26H27N3O3. The van der Waals surface area contributed by atoms with Crippen LogP contribution in [0.4, 0.5) is 5.82 Å². The summed E-state index contributed by atoms with van der Waals surface area (Å²) in [5.41, 5.74) is 11.5. The molecule has 0 bridgehead atoms. The lowest BCUT2D eigenvalue weighted by Crippen LogP contribution is -2.04. The second-order valence-electron chi connectivity index (χ2n) is 7.88. The Morgan fingerprint density at radius 2 is 1.88 bits per heavy atom. The van der Waals surface area contributed by atoms with Crippen LogP contribution in [0.1, 0.15) is 29.5 Å². The number of nitrogens with two attached hydrogens (primary N) is 1. The molecule has 0 aliphatic heterocycles. The fourth-order valence-electron chi connectivity index (χ4n) is 3.87. The number of hydrogen-bond acceptors (Lipinski definition) is 6. The third-order valence-electron chi connectivity index (χ3n) is 5.57. The molecule has 2 N–H and O–H groups in total. The van der Waals surface area contributed by atoms with Crippen molar-refractivity contribution >= 4 is 33.6 Å². The van der Waals surface area contributed by atoms with Crippen LogP contribution in [-0.4, -0.2) is 29.7 Å². The quantitative estimate of drug-likeness (QED) is 0.246. The largest absolute Gasteiger partial charge is 0.494 e. The number of rotatable bonds is 8. The van der Waals surface area contributed by atoms with Gasteiger partial charge < -0.3 is 15.2 Å². The number of nitrogen functional groups attached to an aromatic ring is 1. The molecule has 6 heteroatoms. The number of benzene rings is 2. The fourth-order valence-corrected chi connectivity index (χ4v) is 3.87. The van der Waals surface area contributed by atoms with Crippen LogP contribution in [-0.2, 0) is 22.4 Å². The van der Waals surface area contributed by atoms with Crippen molar-refractivity contribution in [3.63, 3.8) is 0 Å². The van der Waals surface area contributed by atoms with Crippen LogP contribution in [0.15, 0.2) is 54.7 Å². The molecule has 4 aromatic rings. The first-order chi connectivity index (χ1) is 15.5. The molecular weight excluding hydrogens is 402 g/mol. The van der Waals surface area contributed by atoms with Crippen LogP contribution in [0, 0.1) is 6.92 Å². The van der Waals surface area contributed by atoms with E-state index in [2.05, 4.69) is 58.0 Å². The molecule has 2 aromatic heterocycles. The van der Waals surface area contributed by atoms with Crippen LogP contribution < -0.4 is 10.5 Å². The van der Waals surface area contributed by atoms with Crippen LogP contribution in [0.2, 0.25) is 0 Å². The van der Waals surface area contributed by atoms with E-state index in [4.69, 9.17) is 10.5 Å². The molecule has 6 nitrogen and oxygen atoms in total. The molecule has 0 spiro atoms. The van der Waals surface area contributed by atoms with Gasteiger partial charge in [-0.3, -0.25) is 9.78 Å². The van der Waals surface area contributed by atoms with E-state index in [1.165, 1.54) is 18.2 Å². The van der Waals surface area contributed by atoms with E-state index in [0.717, 1.165) is 46.0 Å². The highest BCUT2D eigenvalue weighted by molar-refractivity contribution is 6.09. The molecule has 0 unspecified atom stereocenters. The van der Waals surface area contributed by atoms with Gasteiger partial charge in [-0.1, -0.05) is 24.3 Å². The molecule has 0 atom stereocenters. The van der Waals surface area contributed by atoms with Gasteiger partial charge in [-0.05, 0) is 67.1 Å². The molecule has 164 valence electrons. The highest BCUT2D eigenvalue weighted by atomic mass is 16.5. The summed E-state index contributed by atoms with van der Waals surface area (Å²) in [5.74, 6) is 1.05. The number of carbonyl (C=O) groups excluding carboxylic acids is 1. The summed E-state index contributed by atoms with van der Waals surface area (Å²) < 4.78 is 10.3. The van der Waals surface area contributed by atoms with Crippen molar-refractivity contribution in [1.82, 2.24) is 9.97 Å². The van der Waals surface area contributed by atoms with Crippen LogP contribution in [0.3, 0.4) is 0 Å². The highest BCUT2D eigenvalue weighted by Gasteiger charge is 2.12. The van der Waals surface area contributed by atoms with Gasteiger partial charge in [0.05, 0.1) is 19.2 Å². The molecule has 0 fully saturated rings. The predicted molar refractivity (Wildman–Crippen MR) is 127 cm³/mol. The summed E-state index contributed by atoms with van der Waals surface area (Å²) in [6, 6.07) is 16.4. The number of pyridine rings is 2. The Kier molecular flexibility index (Phi) is 6.50. The van der Waals surface area contributed by atoms with Gasteiger partial charge in [0.2, 0.25) is 0 Å². The number of hydrogen-bond donors (Lipinski definition) is 1. The van der Waals surface area contributed by atoms with Gasteiger partial charge in [-0.25, -0.2) is 4.98 Å². The van der Waals surface area contributed by atoms with E-state index in [9.17, 15) is 4.79 Å². The minimum absolute atomic E-state index is 0.215. The lowest BCUT2D eigenvalue weighted by Gasteiger charge is -2.12. The van der Waals surface area contributed by atoms with E-state index in [-0.39, 0.29) is 5.97 Å². The van der Waals surface area contributed by atoms with Gasteiger partial charge >= 0.3 is 5.97 Å². The summed E-state index contributed by atoms with van der Waals surface area (Å²) in [6.45, 7) is 2.54. The number of nitrogens with zero attached hydrogens (tertiary/aromatic N) is 2. The van der Waals surface area contributed by atoms with Gasteiger partial charge in [0.1, 0.15) is 11.3 Å². The van der Waals surface area contributed by atoms with Gasteiger partial charge in [-0.2, -0.15) is 0 Å². The first-order valence-corrected chi connectivity index (χ1v) is 10.8. The number of methoxy groups -OCH3 is 1. The maximum Gasteiger partial charge on any atom is 0.305 e. The standard InChI is InChI=1S/C26H27N3O3/c1-17-5-12-21-22(16-17)29-26(27)25-24(21)19(13-14-28-25)9-6-18-7-10-20(11-8-18)32-15-3-4-23(30)31-2/h5,7-8,10-14,16H,3-4,6,9,15H2,1-2H3,(H2,27,29). The third-order valence-corrected chi connectivity index (χ3v) is 5.57. The molecule has 0 aliphatic rings. The summed E-state index contributed by atoms with van der Waals surface area (Å²) >= 11 is 0. The van der Waals surface area contributed by atoms with Gasteiger partial charge in [0.15, 0.2) is 5.82 Å². The summed E-state index contributed by atoms with van der Waals surface area (Å²) in [6.07, 6.45) is 4.56. The Morgan fingerprint density at radius 1 is 1.06 bits per heavy atom. The molecule has 0 saturated carbocycles. The van der Waals surface area contributed by atoms with Crippen molar-refractivity contribution in [2.24, 2.45) is 0 Å². The molecule has 32 heavy (non-hydrogen) atoms. The van der Waals surface area contributed by atoms with E-state index < -0.39 is 0 Å². The Labute approximate surface area is 187 Å². The lowest BCUT2D eigenvalue weighted by molar-refractivity contribution is -0.140. The maximum absolute atomic E-state index is 11.2. The first-order valence-electron chi connectivity index (χ1n) is 10.8. The van der Waals surface area contributed by atoms with Crippen LogP contribution in [0.5, 0.6) is 5.75 Å². The monoisotopic (exact) mass is 429 g/mol. The normalized spacial score (nSPS) is 11.1. The number of ether oxygens (including phenoxy) is 2. The Hall–Kier alpha value is -3.67. The van der Waals surface area contributed by atoms with Crippen LogP contribution >= 0.6 is 0 Å². The van der Waals surface area contributed by atoms with Crippen molar-refractivity contribution in [3.05, 3.63) is 71.4 Å². The van der Waals surface area contributed by atoms with Crippen LogP contribution in [0.25, 0.3) is 21.8 Å². The average Bonchev–Trinajstić information content (AvgIpc) is 2.81. The van der Waals surface area contributed by atoms with Crippen molar-refractivity contribution in [3.8, 4) is 5.75 Å². The molecule has 0 aliphatic carbocycles. The Morgan fingerprint density at radius 3 is 2.66 bits per heavy atom. The maximum atomic E-state index is 11.2. The minimum Gasteiger partial charge on any atom is -0.494 e. The number of aromatic nitrogens is 2. The Bertz CT molecular complexity index is 1250. The molecule has 2 aromatic carbocycles. The number of carbonyl (C=O) groups is 1. The topological polar surface area (TPSA) is 87.3 Å². The third kappa shape index (κ3) is 4.80. The second kappa shape index (κ2) is 9.64. The summed E-state index contributed by atoms with van der Waals surface area (Å²) in [4.78, 5) is 20.2. The molecule has 0 radical (unpaired) electrons. The molecule has 0 saturated heterocycles. The smallest absolute Gasteiger partial charge is 0.305 e. The number of aryl methyl sites for hydroxylation is 3. The SMILES string of the molecule is COC(=O)CCCOc1ccc(CCc2ccnc3c(N)nc4cc(C)ccc4c23)cc1. The van der Waals surface area contributed by atoms with Gasteiger partial charge in [-0.15, -0.1) is 0 Å². The van der Waals surface area contributed by atoms with E-state index >= 15 is 0 Å². The summed E-state index contributed by atoms with van der Waals surface area (Å²) in [7, 11) is 1.39. The summed E-state index contributed by atoms with van der Waals surface area (Å²) in [5, 5.41) is 2.17. The zero-order valence-electron chi connectivity index (χ0n) is 18.4. The zero-order valence-corrected chi connectivity index (χ0v) is 18.4. The Balaban J connectivity index is 1.47. The fraction of sp³-hybridized carbons (Fsp3) is 0.269. The van der Waals surface area contributed by atoms with Gasteiger partial charge in [0.25, 0.3) is 0 Å². The highest BCUT2D eigenvalue weighted by Crippen LogP contribution is 2.30. The predicted octanol–water partition coefficient (Wildman–Crippen LogP) is 4.79. The first kappa shape index (κ1) is 21.6. The van der Waals surface area contributed by atoms with Crippen molar-refractivity contribution in [2.45, 2.75) is 32.6 Å². The van der Waals surface area contributed by atoms with E-state index in [0.29, 0.717) is 25.3 Å².